The number of halogens is 2. The van der Waals surface area contributed by atoms with E-state index in [0.29, 0.717) is 0 Å². The van der Waals surface area contributed by atoms with Gasteiger partial charge in [0.15, 0.2) is 0 Å². The molecule has 8 rings (SSSR count). The van der Waals surface area contributed by atoms with E-state index in [4.69, 9.17) is 0 Å². The number of rotatable bonds is 4. The molecule has 2 aliphatic rings. The summed E-state index contributed by atoms with van der Waals surface area (Å²) in [7, 11) is 0. The number of fused-ring (bicyclic) bond motifs is 5. The normalized spacial score (nSPS) is 12.8. The van der Waals surface area contributed by atoms with Gasteiger partial charge in [-0.1, -0.05) is 84.4 Å². The molecule has 6 aromatic rings. The van der Waals surface area contributed by atoms with Gasteiger partial charge in [0.25, 0.3) is 0 Å². The molecule has 0 aromatic heterocycles. The Labute approximate surface area is 353 Å². The molecule has 0 spiro atoms. The molecule has 54 heavy (non-hydrogen) atoms. The maximum atomic E-state index is 3.69. The van der Waals surface area contributed by atoms with Gasteiger partial charge in [0.05, 0.1) is 0 Å². The molecule has 0 N–H and O–H groups in total. The van der Waals surface area contributed by atoms with Crippen LogP contribution in [-0.2, 0) is 54.3 Å². The topological polar surface area (TPSA) is 0 Å². The zero-order chi connectivity index (χ0) is 37.0. The molecule has 3 heteroatoms. The first-order chi connectivity index (χ1) is 24.8. The molecule has 278 valence electrons. The van der Waals surface area contributed by atoms with Crippen molar-refractivity contribution in [3.63, 3.8) is 0 Å². The predicted molar refractivity (Wildman–Crippen MR) is 222 cm³/mol. The van der Waals surface area contributed by atoms with Crippen LogP contribution in [0.15, 0.2) is 109 Å². The van der Waals surface area contributed by atoms with E-state index in [1.54, 1.807) is 3.21 Å². The van der Waals surface area contributed by atoms with Crippen molar-refractivity contribution in [1.82, 2.24) is 0 Å². The second kappa shape index (κ2) is 18.7. The molecule has 0 unspecified atom stereocenters. The van der Waals surface area contributed by atoms with Crippen molar-refractivity contribution >= 4 is 24.8 Å². The molecule has 0 atom stereocenters. The molecule has 0 saturated heterocycles. The summed E-state index contributed by atoms with van der Waals surface area (Å²) >= 11 is 1.53. The summed E-state index contributed by atoms with van der Waals surface area (Å²) in [5.74, 6) is 0. The summed E-state index contributed by atoms with van der Waals surface area (Å²) in [4.78, 5) is 0. The standard InChI is InChI=1S/C23H18.C23H29.C5H7.2ClH.Zr/c1-3-16-22-18(8-1)10-5-12-20(22)14-7-15-21-13-6-11-19-9-2-4-17-23(19)21;1-14-9-16-11-17-10-15(2)21(23(6,7)8)13-19(17)18(16)12-20(14)22(3,4)5;1-2-4-5-3-1;;;/h1-6,8-13,16-17H,14-15H2;9,12-13H,11H2,1-8H3;1H,2,4-5H2;2*1H;/q;2*-1;;;+2/p-2. The van der Waals surface area contributed by atoms with E-state index in [0.717, 1.165) is 19.3 Å². The minimum absolute atomic E-state index is 0. The third kappa shape index (κ3) is 10.4. The van der Waals surface area contributed by atoms with Crippen LogP contribution in [0.5, 0.6) is 0 Å². The van der Waals surface area contributed by atoms with Crippen molar-refractivity contribution in [2.75, 3.05) is 0 Å². The second-order valence-corrected chi connectivity index (χ2v) is 18.5. The van der Waals surface area contributed by atoms with E-state index in [-0.39, 0.29) is 35.6 Å². The van der Waals surface area contributed by atoms with E-state index in [2.05, 4.69) is 177 Å². The van der Waals surface area contributed by atoms with Gasteiger partial charge in [-0.15, -0.1) is 16.7 Å². The van der Waals surface area contributed by atoms with E-state index < -0.39 is 0 Å². The summed E-state index contributed by atoms with van der Waals surface area (Å²) in [6.45, 7) is 18.2. The first-order valence-corrected chi connectivity index (χ1v) is 20.3. The quantitative estimate of drug-likeness (QED) is 0.164. The molecule has 0 radical (unpaired) electrons. The molecule has 0 amide bonds. The van der Waals surface area contributed by atoms with Crippen LogP contribution in [0.2, 0.25) is 0 Å². The number of benzene rings is 6. The van der Waals surface area contributed by atoms with Crippen LogP contribution in [0.4, 0.5) is 0 Å². The van der Waals surface area contributed by atoms with Gasteiger partial charge < -0.3 is 30.9 Å². The Morgan fingerprint density at radius 2 is 1.17 bits per heavy atom. The first kappa shape index (κ1) is 43.6. The van der Waals surface area contributed by atoms with Crippen molar-refractivity contribution in [3.8, 4) is 11.1 Å². The molecule has 0 heterocycles. The summed E-state index contributed by atoms with van der Waals surface area (Å²) in [6.07, 6.45) is 12.2. The van der Waals surface area contributed by atoms with Gasteiger partial charge in [0, 0.05) is 0 Å². The fourth-order valence-electron chi connectivity index (χ4n) is 7.95. The average Bonchev–Trinajstić information content (AvgIpc) is 3.79. The maximum absolute atomic E-state index is 3.69. The van der Waals surface area contributed by atoms with Crippen molar-refractivity contribution in [2.45, 2.75) is 105 Å². The Hall–Kier alpha value is -3.09. The van der Waals surface area contributed by atoms with Crippen molar-refractivity contribution in [1.29, 1.82) is 0 Å². The van der Waals surface area contributed by atoms with Gasteiger partial charge in [-0.25, -0.2) is 0 Å². The Morgan fingerprint density at radius 1 is 0.648 bits per heavy atom. The molecule has 2 aliphatic carbocycles. The van der Waals surface area contributed by atoms with Crippen LogP contribution < -0.4 is 24.8 Å². The Morgan fingerprint density at radius 3 is 1.65 bits per heavy atom. The first-order valence-electron chi connectivity index (χ1n) is 19.0. The summed E-state index contributed by atoms with van der Waals surface area (Å²) in [5, 5.41) is 5.45. The third-order valence-corrected chi connectivity index (χ3v) is 11.3. The fourth-order valence-corrected chi connectivity index (χ4v) is 8.88. The molecule has 0 saturated carbocycles. The van der Waals surface area contributed by atoms with E-state index in [1.165, 1.54) is 121 Å². The van der Waals surface area contributed by atoms with Crippen LogP contribution in [0.25, 0.3) is 32.7 Å². The summed E-state index contributed by atoms with van der Waals surface area (Å²) in [6, 6.07) is 41.6. The zero-order valence-corrected chi connectivity index (χ0v) is 37.4. The van der Waals surface area contributed by atoms with Gasteiger partial charge >= 0.3 is 158 Å². The minimum atomic E-state index is 0. The van der Waals surface area contributed by atoms with Gasteiger partial charge in [0.1, 0.15) is 0 Å². The van der Waals surface area contributed by atoms with E-state index in [1.807, 2.05) is 0 Å². The third-order valence-electron chi connectivity index (χ3n) is 10.5. The SMILES string of the molecule is Cc1[c-]c2c(cc1C(C)(C)C)-c1cc(C(C)(C)C)c(C)cc1C2.[C-]1=CCCC1.[Cl-].[Cl-].[Zr+2]=[C](Cc1cccc2ccccc12)Cc1cccc2ccccc12. The van der Waals surface area contributed by atoms with Crippen LogP contribution in [0.3, 0.4) is 0 Å². The zero-order valence-electron chi connectivity index (χ0n) is 33.4. The number of aryl methyl sites for hydroxylation is 2. The molecule has 0 nitrogen and oxygen atoms in total. The molecular weight excluding hydrogens is 775 g/mol. The van der Waals surface area contributed by atoms with Crippen molar-refractivity contribution in [3.05, 3.63) is 166 Å². The molecule has 0 fully saturated rings. The summed E-state index contributed by atoms with van der Waals surface area (Å²) in [5.41, 5.74) is 14.5. The number of allylic oxidation sites excluding steroid dienone is 2. The van der Waals surface area contributed by atoms with Crippen LogP contribution in [-0.4, -0.2) is 3.21 Å². The van der Waals surface area contributed by atoms with Crippen molar-refractivity contribution in [2.24, 2.45) is 0 Å². The van der Waals surface area contributed by atoms with E-state index >= 15 is 0 Å². The Bertz CT molecular complexity index is 2090. The average molecular weight is 829 g/mol. The Balaban J connectivity index is 0.000000206. The van der Waals surface area contributed by atoms with Crippen LogP contribution >= 0.6 is 0 Å². The monoisotopic (exact) mass is 826 g/mol. The van der Waals surface area contributed by atoms with Gasteiger partial charge in [0.2, 0.25) is 0 Å². The summed E-state index contributed by atoms with van der Waals surface area (Å²) < 4.78 is 1.59. The second-order valence-electron chi connectivity index (χ2n) is 16.7. The van der Waals surface area contributed by atoms with Crippen LogP contribution in [0.1, 0.15) is 105 Å². The van der Waals surface area contributed by atoms with Gasteiger partial charge in [-0.05, 0) is 35.4 Å². The van der Waals surface area contributed by atoms with Crippen LogP contribution in [0, 0.1) is 26.0 Å². The predicted octanol–water partition coefficient (Wildman–Crippen LogP) is 7.30. The number of hydrogen-bond donors (Lipinski definition) is 0. The van der Waals surface area contributed by atoms with Gasteiger partial charge in [-0.2, -0.15) is 24.1 Å². The Kier molecular flexibility index (Phi) is 15.1. The van der Waals surface area contributed by atoms with Crippen molar-refractivity contribution < 1.29 is 49.0 Å². The number of hydrogen-bond acceptors (Lipinski definition) is 0. The molecule has 0 aliphatic heterocycles. The molecule has 6 aromatic carbocycles. The van der Waals surface area contributed by atoms with Gasteiger partial charge in [-0.3, -0.25) is 6.08 Å². The molecular formula is C51H54Cl2Zr-2. The molecule has 0 bridgehead atoms. The fraction of sp³-hybridized carbons (Fsp3) is 0.314. The van der Waals surface area contributed by atoms with E-state index in [9.17, 15) is 0 Å².